The van der Waals surface area contributed by atoms with E-state index >= 15 is 0 Å². The number of pyridine rings is 1. The Kier molecular flexibility index (Phi) is 8.36. The number of hydrogen-bond donors (Lipinski definition) is 4. The van der Waals surface area contributed by atoms with Gasteiger partial charge in [0, 0.05) is 16.7 Å². The van der Waals surface area contributed by atoms with Crippen LogP contribution in [0, 0.1) is 18.7 Å². The summed E-state index contributed by atoms with van der Waals surface area (Å²) in [5.41, 5.74) is -0.395. The van der Waals surface area contributed by atoms with Crippen LogP contribution in [0.25, 0.3) is 11.3 Å². The summed E-state index contributed by atoms with van der Waals surface area (Å²) in [5, 5.41) is 34.3. The minimum atomic E-state index is -1.57. The lowest BCUT2D eigenvalue weighted by atomic mass is 9.90. The maximum Gasteiger partial charge on any atom is 0.251 e. The van der Waals surface area contributed by atoms with Gasteiger partial charge in [-0.3, -0.25) is 4.79 Å². The molecule has 1 amide bonds. The molecule has 208 valence electrons. The number of methoxy groups -OCH3 is 1. The summed E-state index contributed by atoms with van der Waals surface area (Å²) in [5.74, 6) is -0.823. The monoisotopic (exact) mass is 542 g/mol. The van der Waals surface area contributed by atoms with Crippen molar-refractivity contribution in [3.63, 3.8) is 0 Å². The van der Waals surface area contributed by atoms with Gasteiger partial charge in [-0.15, -0.1) is 0 Å². The molecule has 1 saturated carbocycles. The van der Waals surface area contributed by atoms with Crippen LogP contribution in [0.4, 0.5) is 8.78 Å². The Bertz CT molecular complexity index is 1360. The van der Waals surface area contributed by atoms with E-state index in [1.165, 1.54) is 32.2 Å². The second-order valence-electron chi connectivity index (χ2n) is 9.69. The zero-order valence-corrected chi connectivity index (χ0v) is 22.0. The summed E-state index contributed by atoms with van der Waals surface area (Å²) >= 11 is 0. The third-order valence-corrected chi connectivity index (χ3v) is 6.87. The van der Waals surface area contributed by atoms with Crippen LogP contribution >= 0.6 is 0 Å². The summed E-state index contributed by atoms with van der Waals surface area (Å²) in [6.07, 6.45) is -0.133. The highest BCUT2D eigenvalue weighted by molar-refractivity contribution is 5.95. The molecule has 1 aliphatic carbocycles. The Balaban J connectivity index is 1.63. The maximum atomic E-state index is 14.1. The second-order valence-corrected chi connectivity index (χ2v) is 9.69. The number of carbonyl (C=O) groups excluding carboxylic acids is 1. The molecular weight excluding hydrogens is 510 g/mol. The molecule has 1 aliphatic rings. The molecule has 39 heavy (non-hydrogen) atoms. The molecule has 4 rings (SSSR count). The SMILES string of the molecule is COc1cc(C(=O)NCC(O)(c2cc(C)c(O)c(-c3ccc(F)c(C(C)F)c3)n2)C2CC2)ccc1OCCO. The molecule has 1 fully saturated rings. The standard InChI is InChI=1S/C29H32F2N2O6/c1-16-12-25(33-26(27(16)35)18-4-8-22(31)21(13-18)17(2)30)29(37,20-6-7-20)15-32-28(36)19-5-9-23(39-11-10-34)24(14-19)38-3/h4-5,8-9,12-14,17,20,34-35,37H,6-7,10-11,15H2,1-3H3,(H,32,36). The zero-order chi connectivity index (χ0) is 28.3. The normalized spacial score (nSPS) is 15.4. The van der Waals surface area contributed by atoms with Gasteiger partial charge in [-0.05, 0) is 80.6 Å². The van der Waals surface area contributed by atoms with Crippen LogP contribution in [0.15, 0.2) is 42.5 Å². The van der Waals surface area contributed by atoms with E-state index in [0.717, 1.165) is 6.07 Å². The Morgan fingerprint density at radius 3 is 2.59 bits per heavy atom. The van der Waals surface area contributed by atoms with Gasteiger partial charge >= 0.3 is 0 Å². The van der Waals surface area contributed by atoms with E-state index in [9.17, 15) is 23.8 Å². The number of carbonyl (C=O) groups is 1. The van der Waals surface area contributed by atoms with Gasteiger partial charge in [0.15, 0.2) is 11.5 Å². The minimum Gasteiger partial charge on any atom is -0.505 e. The topological polar surface area (TPSA) is 121 Å². The smallest absolute Gasteiger partial charge is 0.251 e. The number of aromatic nitrogens is 1. The van der Waals surface area contributed by atoms with Crippen LogP contribution in [-0.2, 0) is 5.60 Å². The van der Waals surface area contributed by atoms with Gasteiger partial charge in [0.1, 0.15) is 35.6 Å². The number of hydrogen-bond acceptors (Lipinski definition) is 7. The third kappa shape index (κ3) is 5.97. The van der Waals surface area contributed by atoms with E-state index in [-0.39, 0.29) is 53.9 Å². The Morgan fingerprint density at radius 1 is 1.21 bits per heavy atom. The fraction of sp³-hybridized carbons (Fsp3) is 0.379. The molecule has 0 aliphatic heterocycles. The highest BCUT2D eigenvalue weighted by Gasteiger charge is 2.47. The first-order chi connectivity index (χ1) is 18.6. The molecule has 2 atom stereocenters. The number of aryl methyl sites for hydroxylation is 1. The molecule has 0 saturated heterocycles. The molecule has 1 heterocycles. The average molecular weight is 543 g/mol. The number of nitrogens with one attached hydrogen (secondary N) is 1. The number of nitrogens with zero attached hydrogens (tertiary/aromatic N) is 1. The number of rotatable bonds is 11. The number of amides is 1. The molecule has 4 N–H and O–H groups in total. The average Bonchev–Trinajstić information content (AvgIpc) is 3.78. The largest absolute Gasteiger partial charge is 0.505 e. The van der Waals surface area contributed by atoms with Gasteiger partial charge in [0.25, 0.3) is 5.91 Å². The van der Waals surface area contributed by atoms with Crippen LogP contribution in [0.5, 0.6) is 17.2 Å². The fourth-order valence-corrected chi connectivity index (χ4v) is 4.49. The summed E-state index contributed by atoms with van der Waals surface area (Å²) < 4.78 is 38.8. The van der Waals surface area contributed by atoms with Crippen LogP contribution in [0.1, 0.15) is 53.1 Å². The van der Waals surface area contributed by atoms with Crippen LogP contribution in [-0.4, -0.2) is 53.1 Å². The Hall–Kier alpha value is -3.76. The van der Waals surface area contributed by atoms with Gasteiger partial charge < -0.3 is 30.1 Å². The number of alkyl halides is 1. The van der Waals surface area contributed by atoms with Crippen molar-refractivity contribution < 1.29 is 38.4 Å². The van der Waals surface area contributed by atoms with Crippen LogP contribution in [0.2, 0.25) is 0 Å². The lowest BCUT2D eigenvalue weighted by Crippen LogP contribution is -2.43. The fourth-order valence-electron chi connectivity index (χ4n) is 4.49. The van der Waals surface area contributed by atoms with Crippen LogP contribution < -0.4 is 14.8 Å². The van der Waals surface area contributed by atoms with Gasteiger partial charge in [-0.1, -0.05) is 0 Å². The van der Waals surface area contributed by atoms with E-state index in [2.05, 4.69) is 10.3 Å². The van der Waals surface area contributed by atoms with E-state index in [4.69, 9.17) is 14.6 Å². The number of halogens is 2. The van der Waals surface area contributed by atoms with Gasteiger partial charge in [0.2, 0.25) is 0 Å². The van der Waals surface area contributed by atoms with Crippen molar-refractivity contribution in [2.24, 2.45) is 5.92 Å². The first-order valence-electron chi connectivity index (χ1n) is 12.7. The molecule has 10 heteroatoms. The van der Waals surface area contributed by atoms with E-state index in [0.29, 0.717) is 35.5 Å². The minimum absolute atomic E-state index is 0.0728. The lowest BCUT2D eigenvalue weighted by Gasteiger charge is -2.29. The van der Waals surface area contributed by atoms with Crippen molar-refractivity contribution in [2.45, 2.75) is 38.5 Å². The van der Waals surface area contributed by atoms with Crippen molar-refractivity contribution >= 4 is 5.91 Å². The van der Waals surface area contributed by atoms with Crippen molar-refractivity contribution in [3.05, 3.63) is 70.7 Å². The van der Waals surface area contributed by atoms with E-state index < -0.39 is 23.5 Å². The van der Waals surface area contributed by atoms with Crippen molar-refractivity contribution in [1.82, 2.24) is 10.3 Å². The molecule has 2 aromatic carbocycles. The summed E-state index contributed by atoms with van der Waals surface area (Å²) in [6, 6.07) is 9.96. The van der Waals surface area contributed by atoms with Gasteiger partial charge in [-0.2, -0.15) is 0 Å². The number of benzene rings is 2. The summed E-state index contributed by atoms with van der Waals surface area (Å²) in [7, 11) is 1.43. The first kappa shape index (κ1) is 28.3. The van der Waals surface area contributed by atoms with Gasteiger partial charge in [0.05, 0.1) is 26.0 Å². The third-order valence-electron chi connectivity index (χ3n) is 6.87. The predicted molar refractivity (Wildman–Crippen MR) is 140 cm³/mol. The van der Waals surface area contributed by atoms with Gasteiger partial charge in [-0.25, -0.2) is 13.8 Å². The molecule has 1 aromatic heterocycles. The second kappa shape index (κ2) is 11.5. The molecule has 0 spiro atoms. The molecule has 0 radical (unpaired) electrons. The molecule has 8 nitrogen and oxygen atoms in total. The molecule has 3 aromatic rings. The maximum absolute atomic E-state index is 14.1. The van der Waals surface area contributed by atoms with E-state index in [1.807, 2.05) is 0 Å². The first-order valence-corrected chi connectivity index (χ1v) is 12.7. The number of aromatic hydroxyl groups is 1. The molecule has 0 bridgehead atoms. The quantitative estimate of drug-likeness (QED) is 0.284. The zero-order valence-electron chi connectivity index (χ0n) is 22.0. The highest BCUT2D eigenvalue weighted by Crippen LogP contribution is 2.46. The Morgan fingerprint density at radius 2 is 1.95 bits per heavy atom. The van der Waals surface area contributed by atoms with E-state index in [1.54, 1.807) is 25.1 Å². The van der Waals surface area contributed by atoms with Crippen molar-refractivity contribution in [2.75, 3.05) is 26.9 Å². The van der Waals surface area contributed by atoms with Crippen molar-refractivity contribution in [1.29, 1.82) is 0 Å². The number of aliphatic hydroxyl groups is 2. The lowest BCUT2D eigenvalue weighted by molar-refractivity contribution is 0.00947. The molecular formula is C29H32F2N2O6. The van der Waals surface area contributed by atoms with Crippen molar-refractivity contribution in [3.8, 4) is 28.5 Å². The highest BCUT2D eigenvalue weighted by atomic mass is 19.1. The molecule has 2 unspecified atom stereocenters. The van der Waals surface area contributed by atoms with Crippen LogP contribution in [0.3, 0.4) is 0 Å². The Labute approximate surface area is 225 Å². The number of aliphatic hydroxyl groups excluding tert-OH is 1. The predicted octanol–water partition coefficient (Wildman–Crippen LogP) is 4.34. The number of ether oxygens (including phenoxy) is 2. The summed E-state index contributed by atoms with van der Waals surface area (Å²) in [4.78, 5) is 17.5. The summed E-state index contributed by atoms with van der Waals surface area (Å²) in [6.45, 7) is 2.61.